The molecule has 5 rings (SSSR count). The van der Waals surface area contributed by atoms with Gasteiger partial charge in [0.05, 0.1) is 26.3 Å². The molecule has 1 aliphatic carbocycles. The minimum absolute atomic E-state index is 0.0944. The number of carbonyl (C=O) groups is 2. The van der Waals surface area contributed by atoms with Crippen LogP contribution in [0.3, 0.4) is 0 Å². The van der Waals surface area contributed by atoms with E-state index < -0.39 is 34.8 Å². The molecule has 168 valence electrons. The Labute approximate surface area is 189 Å². The summed E-state index contributed by atoms with van der Waals surface area (Å²) >= 11 is 0. The van der Waals surface area contributed by atoms with Gasteiger partial charge in [0.25, 0.3) is 0 Å². The summed E-state index contributed by atoms with van der Waals surface area (Å²) < 4.78 is 16.9. The lowest BCUT2D eigenvalue weighted by atomic mass is 9.75. The quantitative estimate of drug-likeness (QED) is 0.614. The molecule has 1 unspecified atom stereocenters. The highest BCUT2D eigenvalue weighted by atomic mass is 16.5. The number of nitrogens with zero attached hydrogens (tertiary/aromatic N) is 1. The number of aromatic nitrogens is 1. The van der Waals surface area contributed by atoms with Crippen molar-refractivity contribution in [3.63, 3.8) is 0 Å². The summed E-state index contributed by atoms with van der Waals surface area (Å²) in [5.41, 5.74) is -3.41. The third-order valence-corrected chi connectivity index (χ3v) is 6.54. The molecule has 2 N–H and O–H groups in total. The molecule has 1 aliphatic heterocycles. The molecular formula is C25H21NO7. The van der Waals surface area contributed by atoms with Crippen LogP contribution < -0.4 is 14.2 Å². The van der Waals surface area contributed by atoms with Gasteiger partial charge in [0.1, 0.15) is 28.9 Å². The molecule has 8 nitrogen and oxygen atoms in total. The van der Waals surface area contributed by atoms with Gasteiger partial charge in [-0.05, 0) is 17.7 Å². The molecule has 0 saturated heterocycles. The Morgan fingerprint density at radius 2 is 1.70 bits per heavy atom. The highest BCUT2D eigenvalue weighted by Gasteiger charge is 2.76. The number of aliphatic hydroxyl groups is 1. The highest BCUT2D eigenvalue weighted by molar-refractivity contribution is 6.06. The normalized spacial score (nSPS) is 27.4. The zero-order chi connectivity index (χ0) is 23.4. The fourth-order valence-electron chi connectivity index (χ4n) is 5.10. The lowest BCUT2D eigenvalue weighted by molar-refractivity contribution is -0.161. The van der Waals surface area contributed by atoms with Crippen molar-refractivity contribution in [1.82, 2.24) is 4.98 Å². The average molecular weight is 447 g/mol. The van der Waals surface area contributed by atoms with Crippen LogP contribution in [-0.2, 0) is 20.8 Å². The molecule has 2 aromatic carbocycles. The maximum atomic E-state index is 14.1. The van der Waals surface area contributed by atoms with Gasteiger partial charge in [-0.1, -0.05) is 42.5 Å². The Balaban J connectivity index is 1.86. The number of rotatable bonds is 5. The summed E-state index contributed by atoms with van der Waals surface area (Å²) in [5.74, 6) is -3.69. The number of pyridine rings is 1. The number of hydrogen-bond donors (Lipinski definition) is 2. The summed E-state index contributed by atoms with van der Waals surface area (Å²) in [4.78, 5) is 30.9. The van der Waals surface area contributed by atoms with E-state index >= 15 is 0 Å². The molecule has 1 saturated carbocycles. The molecule has 0 spiro atoms. The average Bonchev–Trinajstić information content (AvgIpc) is 2.97. The molecule has 2 aliphatic rings. The highest BCUT2D eigenvalue weighted by Crippen LogP contribution is 2.64. The molecular weight excluding hydrogens is 426 g/mol. The maximum absolute atomic E-state index is 14.1. The standard InChI is InChI=1S/C25H21NO7/c1-31-16-10-8-15(9-11-16)25-19(14-6-4-3-5-7-14)20(22(27)28)24(30,23(25)29)21-18(33-25)12-17(32-2)13-26-21/h3-13,19-20,30H,1-2H3,(H,27,28)/t19-,20-,24-,25?/m1/s1. The van der Waals surface area contributed by atoms with Crippen molar-refractivity contribution in [2.45, 2.75) is 17.1 Å². The van der Waals surface area contributed by atoms with Gasteiger partial charge in [-0.15, -0.1) is 0 Å². The van der Waals surface area contributed by atoms with Gasteiger partial charge in [0.15, 0.2) is 5.60 Å². The van der Waals surface area contributed by atoms with Crippen molar-refractivity contribution in [2.24, 2.45) is 5.92 Å². The molecule has 3 aromatic rings. The van der Waals surface area contributed by atoms with Crippen molar-refractivity contribution in [3.8, 4) is 17.2 Å². The van der Waals surface area contributed by atoms with E-state index in [1.165, 1.54) is 26.5 Å². The summed E-state index contributed by atoms with van der Waals surface area (Å²) in [6, 6.07) is 16.9. The zero-order valence-electron chi connectivity index (χ0n) is 17.9. The van der Waals surface area contributed by atoms with Gasteiger partial charge in [-0.25, -0.2) is 4.98 Å². The topological polar surface area (TPSA) is 115 Å². The fourth-order valence-corrected chi connectivity index (χ4v) is 5.10. The second-order valence-corrected chi connectivity index (χ2v) is 8.09. The number of carboxylic acids is 1. The lowest BCUT2D eigenvalue weighted by Crippen LogP contribution is -2.51. The second-order valence-electron chi connectivity index (χ2n) is 8.09. The van der Waals surface area contributed by atoms with Crippen molar-refractivity contribution in [1.29, 1.82) is 0 Å². The van der Waals surface area contributed by atoms with Gasteiger partial charge < -0.3 is 24.4 Å². The van der Waals surface area contributed by atoms with E-state index in [4.69, 9.17) is 14.2 Å². The van der Waals surface area contributed by atoms with Gasteiger partial charge in [-0.3, -0.25) is 9.59 Å². The van der Waals surface area contributed by atoms with Crippen LogP contribution in [0.2, 0.25) is 0 Å². The first-order valence-corrected chi connectivity index (χ1v) is 10.3. The summed E-state index contributed by atoms with van der Waals surface area (Å²) in [5, 5.41) is 22.2. The van der Waals surface area contributed by atoms with Crippen molar-refractivity contribution in [2.75, 3.05) is 14.2 Å². The number of Topliss-reactive ketones (excluding diaryl/α,β-unsaturated/α-hetero) is 1. The van der Waals surface area contributed by atoms with Crippen LogP contribution in [0.15, 0.2) is 66.9 Å². The Morgan fingerprint density at radius 3 is 2.30 bits per heavy atom. The van der Waals surface area contributed by atoms with Crippen LogP contribution >= 0.6 is 0 Å². The SMILES string of the molecule is COc1ccc(C23Oc4cc(OC)cnc4[C@@](O)(C2=O)[C@@H](C(=O)O)[C@H]3c2ccccc2)cc1. The van der Waals surface area contributed by atoms with E-state index in [0.717, 1.165) is 0 Å². The largest absolute Gasteiger partial charge is 0.497 e. The van der Waals surface area contributed by atoms with Crippen LogP contribution in [-0.4, -0.2) is 41.2 Å². The molecule has 8 heteroatoms. The van der Waals surface area contributed by atoms with Gasteiger partial charge in [-0.2, -0.15) is 0 Å². The monoisotopic (exact) mass is 447 g/mol. The number of aliphatic carboxylic acids is 1. The van der Waals surface area contributed by atoms with Crippen molar-refractivity contribution < 1.29 is 34.0 Å². The Kier molecular flexibility index (Phi) is 4.65. The first-order valence-electron chi connectivity index (χ1n) is 10.3. The summed E-state index contributed by atoms with van der Waals surface area (Å²) in [7, 11) is 2.97. The number of methoxy groups -OCH3 is 2. The molecule has 1 aromatic heterocycles. The van der Waals surface area contributed by atoms with Crippen LogP contribution in [0.1, 0.15) is 22.7 Å². The number of ketones is 1. The van der Waals surface area contributed by atoms with Crippen molar-refractivity contribution >= 4 is 11.8 Å². The van der Waals surface area contributed by atoms with Crippen molar-refractivity contribution in [3.05, 3.63) is 83.7 Å². The number of fused-ring (bicyclic) bond motifs is 4. The number of hydrogen-bond acceptors (Lipinski definition) is 7. The second kappa shape index (κ2) is 7.31. The van der Waals surface area contributed by atoms with Gasteiger partial charge in [0, 0.05) is 11.6 Å². The zero-order valence-corrected chi connectivity index (χ0v) is 17.9. The van der Waals surface area contributed by atoms with Crippen LogP contribution in [0.5, 0.6) is 17.2 Å². The molecule has 0 amide bonds. The third-order valence-electron chi connectivity index (χ3n) is 6.54. The first-order chi connectivity index (χ1) is 15.9. The number of benzene rings is 2. The van der Waals surface area contributed by atoms with E-state index in [-0.39, 0.29) is 11.4 Å². The minimum atomic E-state index is -2.41. The van der Waals surface area contributed by atoms with Crippen LogP contribution in [0, 0.1) is 5.92 Å². The molecule has 1 fully saturated rings. The van der Waals surface area contributed by atoms with E-state index in [1.54, 1.807) is 54.6 Å². The summed E-state index contributed by atoms with van der Waals surface area (Å²) in [6.45, 7) is 0. The molecule has 2 bridgehead atoms. The molecule has 2 heterocycles. The fraction of sp³-hybridized carbons (Fsp3) is 0.240. The Bertz CT molecular complexity index is 1240. The van der Waals surface area contributed by atoms with E-state index in [9.17, 15) is 19.8 Å². The lowest BCUT2D eigenvalue weighted by Gasteiger charge is -2.38. The summed E-state index contributed by atoms with van der Waals surface area (Å²) in [6.07, 6.45) is 1.32. The van der Waals surface area contributed by atoms with Crippen LogP contribution in [0.4, 0.5) is 0 Å². The maximum Gasteiger partial charge on any atom is 0.311 e. The number of carboxylic acid groups (broad SMARTS) is 1. The van der Waals surface area contributed by atoms with E-state index in [2.05, 4.69) is 4.98 Å². The van der Waals surface area contributed by atoms with Gasteiger partial charge >= 0.3 is 5.97 Å². The Morgan fingerprint density at radius 1 is 1.03 bits per heavy atom. The minimum Gasteiger partial charge on any atom is -0.497 e. The van der Waals surface area contributed by atoms with Gasteiger partial charge in [0.2, 0.25) is 11.4 Å². The van der Waals surface area contributed by atoms with Crippen LogP contribution in [0.25, 0.3) is 0 Å². The van der Waals surface area contributed by atoms with E-state index in [1.807, 2.05) is 0 Å². The van der Waals surface area contributed by atoms with E-state index in [0.29, 0.717) is 22.6 Å². The molecule has 4 atom stereocenters. The number of ether oxygens (including phenoxy) is 3. The predicted molar refractivity (Wildman–Crippen MR) is 115 cm³/mol. The Hall–Kier alpha value is -3.91. The number of carbonyl (C=O) groups excluding carboxylic acids is 1. The third kappa shape index (κ3) is 2.70. The predicted octanol–water partition coefficient (Wildman–Crippen LogP) is 2.64. The molecule has 0 radical (unpaired) electrons. The molecule has 33 heavy (non-hydrogen) atoms. The smallest absolute Gasteiger partial charge is 0.311 e. The first kappa shape index (κ1) is 21.0.